The molecule has 0 amide bonds. The Balaban J connectivity index is -0.000000469. The molecule has 0 saturated carbocycles. The minimum absolute atomic E-state index is 0.0524. The molecule has 468 valence electrons. The maximum atomic E-state index is 12.8. The normalized spacial score (nSPS) is 17.7. The molecule has 8 atom stereocenters. The summed E-state index contributed by atoms with van der Waals surface area (Å²) in [4.78, 5) is 47.5. The second-order valence-corrected chi connectivity index (χ2v) is 24.3. The maximum absolute atomic E-state index is 12.8. The molecule has 0 bridgehead atoms. The van der Waals surface area contributed by atoms with Crippen molar-refractivity contribution in [3.63, 3.8) is 0 Å². The predicted molar refractivity (Wildman–Crippen MR) is 271 cm³/mol. The molecule has 0 aliphatic heterocycles. The molecule has 0 aliphatic carbocycles. The predicted octanol–water partition coefficient (Wildman–Crippen LogP) is 14.3. The highest BCUT2D eigenvalue weighted by molar-refractivity contribution is 5.77. The van der Waals surface area contributed by atoms with Crippen molar-refractivity contribution in [2.75, 3.05) is 0 Å². The third-order valence-corrected chi connectivity index (χ3v) is 13.8. The van der Waals surface area contributed by atoms with E-state index >= 15 is 0 Å². The number of carbonyl (C=O) groups excluding carboxylic acids is 4. The van der Waals surface area contributed by atoms with Crippen molar-refractivity contribution in [2.24, 2.45) is 33.5 Å². The van der Waals surface area contributed by atoms with Crippen molar-refractivity contribution in [3.05, 3.63) is 0 Å². The van der Waals surface area contributed by atoms with Crippen LogP contribution in [0.5, 0.6) is 0 Å². The number of halogens is 12. The molecule has 8 unspecified atom stereocenters. The first-order valence-corrected chi connectivity index (χ1v) is 26.2. The second kappa shape index (κ2) is 30.8. The summed E-state index contributed by atoms with van der Waals surface area (Å²) in [5.74, 6) is -2.45. The van der Waals surface area contributed by atoms with Crippen molar-refractivity contribution >= 4 is 23.9 Å². The first-order chi connectivity index (χ1) is 34.2. The average Bonchev–Trinajstić information content (AvgIpc) is 3.23. The zero-order valence-electron chi connectivity index (χ0n) is 50.1. The summed E-state index contributed by atoms with van der Waals surface area (Å²) in [5.41, 5.74) is -14.4. The van der Waals surface area contributed by atoms with E-state index in [-0.39, 0.29) is 24.7 Å². The van der Waals surface area contributed by atoms with Gasteiger partial charge in [0.05, 0.1) is 21.7 Å². The zero-order valence-corrected chi connectivity index (χ0v) is 50.1. The standard InChI is InChI=1S/C15H27F3O3.C14H25F3O3.C13H23F3O3.C12H21F3O3/c1-7-13(4,5)12(19)21-11(8-10(2)3)9-14(6,20)15(16,17)18;1-7-12(4,5)11(18)20-10(9(2)3)8-13(6,19)14(15,16)17;1-6-9(8-12(5,18)13(14,15)16)19-10(17)11(3,4)7-2;1-6-10(3,4)9(16)18-8(2)7-11(5,17)12(13,14)15/h10-11,20H,7-9H2,1-6H3;9-10,19H,7-8H2,1-6H3;9,18H,6-8H2,1-5H3;8,17H,6-7H2,1-5H3. The van der Waals surface area contributed by atoms with Gasteiger partial charge in [-0.15, -0.1) is 0 Å². The molecular formula is C54H96F12O12. The van der Waals surface area contributed by atoms with Gasteiger partial charge in [-0.1, -0.05) is 62.3 Å². The van der Waals surface area contributed by atoms with Gasteiger partial charge in [0.25, 0.3) is 0 Å². The molecule has 12 nitrogen and oxygen atoms in total. The molecule has 0 heterocycles. The minimum Gasteiger partial charge on any atom is -0.462 e. The van der Waals surface area contributed by atoms with Crippen LogP contribution >= 0.6 is 0 Å². The smallest absolute Gasteiger partial charge is 0.417 e. The number of carbonyl (C=O) groups is 4. The second-order valence-electron chi connectivity index (χ2n) is 24.3. The number of esters is 4. The fourth-order valence-corrected chi connectivity index (χ4v) is 5.56. The van der Waals surface area contributed by atoms with Crippen molar-refractivity contribution in [1.29, 1.82) is 0 Å². The molecule has 78 heavy (non-hydrogen) atoms. The number of rotatable bonds is 24. The molecule has 0 spiro atoms. The van der Waals surface area contributed by atoms with Gasteiger partial charge in [0.1, 0.15) is 24.4 Å². The Labute approximate surface area is 455 Å². The van der Waals surface area contributed by atoms with Gasteiger partial charge in [-0.05, 0) is 140 Å². The molecule has 0 aliphatic rings. The molecule has 0 rings (SSSR count). The Bertz CT molecular complexity index is 1800. The first kappa shape index (κ1) is 81.4. The van der Waals surface area contributed by atoms with Gasteiger partial charge in [-0.3, -0.25) is 19.2 Å². The van der Waals surface area contributed by atoms with Crippen LogP contribution in [0.25, 0.3) is 0 Å². The van der Waals surface area contributed by atoms with E-state index in [0.29, 0.717) is 53.4 Å². The van der Waals surface area contributed by atoms with Crippen LogP contribution in [0.1, 0.15) is 217 Å². The molecule has 0 aromatic carbocycles. The van der Waals surface area contributed by atoms with Crippen molar-refractivity contribution in [2.45, 2.75) is 288 Å². The van der Waals surface area contributed by atoms with E-state index in [9.17, 15) is 92.3 Å². The quantitative estimate of drug-likeness (QED) is 0.0408. The summed E-state index contributed by atoms with van der Waals surface area (Å²) >= 11 is 0. The van der Waals surface area contributed by atoms with Gasteiger partial charge in [0, 0.05) is 25.7 Å². The fourth-order valence-electron chi connectivity index (χ4n) is 5.56. The van der Waals surface area contributed by atoms with E-state index in [2.05, 4.69) is 0 Å². The average molecular weight is 1170 g/mol. The number of hydrogen-bond donors (Lipinski definition) is 4. The maximum Gasteiger partial charge on any atom is 0.417 e. The summed E-state index contributed by atoms with van der Waals surface area (Å²) in [6, 6.07) is 0. The Hall–Kier alpha value is -3.12. The summed E-state index contributed by atoms with van der Waals surface area (Å²) in [7, 11) is 0. The highest BCUT2D eigenvalue weighted by atomic mass is 19.4. The third-order valence-electron chi connectivity index (χ3n) is 13.8. The topological polar surface area (TPSA) is 186 Å². The molecule has 0 saturated heterocycles. The van der Waals surface area contributed by atoms with Crippen LogP contribution < -0.4 is 0 Å². The Morgan fingerprint density at radius 3 is 0.872 bits per heavy atom. The summed E-state index contributed by atoms with van der Waals surface area (Å²) in [6.07, 6.45) is -23.0. The van der Waals surface area contributed by atoms with Crippen LogP contribution in [0.2, 0.25) is 0 Å². The Morgan fingerprint density at radius 2 is 0.615 bits per heavy atom. The van der Waals surface area contributed by atoms with Gasteiger partial charge >= 0.3 is 48.6 Å². The van der Waals surface area contributed by atoms with E-state index in [4.69, 9.17) is 18.9 Å². The SMILES string of the molecule is CCC(C)(C)C(=O)OC(C)CC(C)(O)C(F)(F)F.CCC(C)(C)C(=O)OC(CC(C)(O)C(F)(F)F)C(C)C.CCC(C)(C)C(=O)OC(CC(C)C)CC(C)(O)C(F)(F)F.CCC(CC(C)(O)C(F)(F)F)OC(=O)C(C)(C)CC. The fraction of sp³-hybridized carbons (Fsp3) is 0.926. The molecule has 0 radical (unpaired) electrons. The van der Waals surface area contributed by atoms with E-state index in [1.54, 1.807) is 96.9 Å². The van der Waals surface area contributed by atoms with Crippen LogP contribution in [0.3, 0.4) is 0 Å². The molecule has 0 fully saturated rings. The molecule has 0 aromatic rings. The monoisotopic (exact) mass is 1160 g/mol. The first-order valence-electron chi connectivity index (χ1n) is 26.2. The third kappa shape index (κ3) is 28.5. The van der Waals surface area contributed by atoms with E-state index in [0.717, 1.165) is 0 Å². The minimum atomic E-state index is -4.76. The highest BCUT2D eigenvalue weighted by Gasteiger charge is 2.54. The molecule has 24 heteroatoms. The Morgan fingerprint density at radius 1 is 0.372 bits per heavy atom. The lowest BCUT2D eigenvalue weighted by Crippen LogP contribution is -2.47. The van der Waals surface area contributed by atoms with E-state index in [1.165, 1.54) is 6.92 Å². The largest absolute Gasteiger partial charge is 0.462 e. The van der Waals surface area contributed by atoms with Gasteiger partial charge in [-0.25, -0.2) is 0 Å². The Kier molecular flexibility index (Phi) is 32.1. The van der Waals surface area contributed by atoms with Crippen molar-refractivity contribution in [1.82, 2.24) is 0 Å². The lowest BCUT2D eigenvalue weighted by Gasteiger charge is -2.33. The van der Waals surface area contributed by atoms with Gasteiger partial charge in [0.2, 0.25) is 0 Å². The van der Waals surface area contributed by atoms with Gasteiger partial charge in [0.15, 0.2) is 22.4 Å². The van der Waals surface area contributed by atoms with Crippen molar-refractivity contribution < 1.29 is 111 Å². The van der Waals surface area contributed by atoms with Crippen molar-refractivity contribution in [3.8, 4) is 0 Å². The molecular weight excluding hydrogens is 1070 g/mol. The number of ether oxygens (including phenoxy) is 4. The lowest BCUT2D eigenvalue weighted by molar-refractivity contribution is -0.263. The van der Waals surface area contributed by atoms with E-state index < -0.39 is 143 Å². The van der Waals surface area contributed by atoms with Crippen LogP contribution in [-0.4, -0.2) is 116 Å². The van der Waals surface area contributed by atoms with Gasteiger partial charge < -0.3 is 39.4 Å². The zero-order chi connectivity index (χ0) is 63.7. The number of alkyl halides is 12. The lowest BCUT2D eigenvalue weighted by atomic mass is 9.89. The molecule has 0 aromatic heterocycles. The van der Waals surface area contributed by atoms with Gasteiger partial charge in [-0.2, -0.15) is 52.7 Å². The number of aliphatic hydroxyl groups is 4. The van der Waals surface area contributed by atoms with Crippen LogP contribution in [0, 0.1) is 33.5 Å². The number of hydrogen-bond acceptors (Lipinski definition) is 12. The van der Waals surface area contributed by atoms with Crippen LogP contribution in [0.15, 0.2) is 0 Å². The summed E-state index contributed by atoms with van der Waals surface area (Å²) in [5, 5.41) is 37.8. The van der Waals surface area contributed by atoms with Crippen LogP contribution in [-0.2, 0) is 38.1 Å². The van der Waals surface area contributed by atoms with Crippen LogP contribution in [0.4, 0.5) is 52.7 Å². The molecule has 4 N–H and O–H groups in total. The highest BCUT2D eigenvalue weighted by Crippen LogP contribution is 2.40. The summed E-state index contributed by atoms with van der Waals surface area (Å²) in [6.45, 7) is 33.3. The van der Waals surface area contributed by atoms with E-state index in [1.807, 2.05) is 20.8 Å². The summed E-state index contributed by atoms with van der Waals surface area (Å²) < 4.78 is 172.